The number of hydrogen-bond donors (Lipinski definition) is 1. The van der Waals surface area contributed by atoms with Crippen molar-refractivity contribution in [2.45, 2.75) is 13.0 Å². The molecule has 0 aliphatic heterocycles. The molecule has 1 atom stereocenters. The molecule has 1 N–H and O–H groups in total. The standard InChI is InChI=1S/C19H18N2O5/c1-12(18(22)21-14-6-4-5-13(9-14)11-20)26-17-10-15(24-2)7-8-16(17)19(23)25-3/h4-10,12H,1-3H3,(H,21,22)/t12-/m1/s1. The average Bonchev–Trinajstić information content (AvgIpc) is 2.67. The van der Waals surface area contributed by atoms with Crippen molar-refractivity contribution < 1.29 is 23.8 Å². The van der Waals surface area contributed by atoms with E-state index in [1.165, 1.54) is 26.4 Å². The number of benzene rings is 2. The zero-order valence-corrected chi connectivity index (χ0v) is 14.6. The fourth-order valence-corrected chi connectivity index (χ4v) is 2.16. The van der Waals surface area contributed by atoms with Crippen LogP contribution in [0.25, 0.3) is 0 Å². The topological polar surface area (TPSA) is 97.7 Å². The van der Waals surface area contributed by atoms with E-state index in [4.69, 9.17) is 19.5 Å². The van der Waals surface area contributed by atoms with Gasteiger partial charge in [-0.25, -0.2) is 4.79 Å². The highest BCUT2D eigenvalue weighted by molar-refractivity contribution is 5.95. The largest absolute Gasteiger partial charge is 0.497 e. The molecule has 0 heterocycles. The van der Waals surface area contributed by atoms with E-state index in [1.807, 2.05) is 6.07 Å². The van der Waals surface area contributed by atoms with E-state index in [0.29, 0.717) is 17.0 Å². The first-order valence-corrected chi connectivity index (χ1v) is 7.72. The zero-order valence-electron chi connectivity index (χ0n) is 14.6. The first kappa shape index (κ1) is 18.8. The van der Waals surface area contributed by atoms with Gasteiger partial charge in [-0.2, -0.15) is 5.26 Å². The fraction of sp³-hybridized carbons (Fsp3) is 0.211. The fourth-order valence-electron chi connectivity index (χ4n) is 2.16. The number of ether oxygens (including phenoxy) is 3. The molecule has 0 aromatic heterocycles. The van der Waals surface area contributed by atoms with Crippen LogP contribution in [0.15, 0.2) is 42.5 Å². The highest BCUT2D eigenvalue weighted by Gasteiger charge is 2.20. The van der Waals surface area contributed by atoms with Crippen LogP contribution in [0.4, 0.5) is 5.69 Å². The molecule has 26 heavy (non-hydrogen) atoms. The highest BCUT2D eigenvalue weighted by atomic mass is 16.5. The SMILES string of the molecule is COC(=O)c1ccc(OC)cc1O[C@H](C)C(=O)Nc1cccc(C#N)c1. The van der Waals surface area contributed by atoms with E-state index in [0.717, 1.165) is 0 Å². The van der Waals surface area contributed by atoms with Crippen LogP contribution in [0.2, 0.25) is 0 Å². The van der Waals surface area contributed by atoms with Gasteiger partial charge >= 0.3 is 5.97 Å². The second-order valence-corrected chi connectivity index (χ2v) is 5.30. The Bertz CT molecular complexity index is 857. The number of carbonyl (C=O) groups is 2. The molecule has 2 rings (SSSR count). The average molecular weight is 354 g/mol. The summed E-state index contributed by atoms with van der Waals surface area (Å²) in [6.07, 6.45) is -0.906. The number of rotatable bonds is 6. The van der Waals surface area contributed by atoms with Crippen LogP contribution in [0, 0.1) is 11.3 Å². The van der Waals surface area contributed by atoms with Crippen LogP contribution in [-0.4, -0.2) is 32.2 Å². The number of hydrogen-bond acceptors (Lipinski definition) is 6. The number of esters is 1. The number of anilines is 1. The summed E-state index contributed by atoms with van der Waals surface area (Å²) >= 11 is 0. The predicted molar refractivity (Wildman–Crippen MR) is 94.2 cm³/mol. The van der Waals surface area contributed by atoms with Gasteiger partial charge in [0.05, 0.1) is 25.9 Å². The number of carbonyl (C=O) groups excluding carboxylic acids is 2. The van der Waals surface area contributed by atoms with E-state index in [9.17, 15) is 9.59 Å². The van der Waals surface area contributed by atoms with Gasteiger partial charge in [-0.1, -0.05) is 6.07 Å². The van der Waals surface area contributed by atoms with Crippen LogP contribution < -0.4 is 14.8 Å². The molecule has 0 aliphatic rings. The van der Waals surface area contributed by atoms with E-state index in [-0.39, 0.29) is 11.3 Å². The van der Waals surface area contributed by atoms with Crippen molar-refractivity contribution in [1.82, 2.24) is 0 Å². The lowest BCUT2D eigenvalue weighted by Gasteiger charge is -2.17. The van der Waals surface area contributed by atoms with Gasteiger partial charge in [-0.15, -0.1) is 0 Å². The lowest BCUT2D eigenvalue weighted by molar-refractivity contribution is -0.122. The van der Waals surface area contributed by atoms with Gasteiger partial charge in [0.15, 0.2) is 6.10 Å². The van der Waals surface area contributed by atoms with Gasteiger partial charge in [0, 0.05) is 11.8 Å². The van der Waals surface area contributed by atoms with Gasteiger partial charge in [0.2, 0.25) is 0 Å². The molecule has 134 valence electrons. The monoisotopic (exact) mass is 354 g/mol. The third-order valence-corrected chi connectivity index (χ3v) is 3.53. The minimum absolute atomic E-state index is 0.171. The second-order valence-electron chi connectivity index (χ2n) is 5.30. The third-order valence-electron chi connectivity index (χ3n) is 3.53. The Balaban J connectivity index is 2.17. The molecule has 0 radical (unpaired) electrons. The molecular weight excluding hydrogens is 336 g/mol. The number of methoxy groups -OCH3 is 2. The van der Waals surface area contributed by atoms with Crippen LogP contribution in [-0.2, 0) is 9.53 Å². The summed E-state index contributed by atoms with van der Waals surface area (Å²) in [7, 11) is 2.74. The molecule has 7 heteroatoms. The Morgan fingerprint density at radius 1 is 1.15 bits per heavy atom. The third kappa shape index (κ3) is 4.51. The van der Waals surface area contributed by atoms with Crippen LogP contribution in [0.1, 0.15) is 22.8 Å². The number of amides is 1. The minimum atomic E-state index is -0.906. The van der Waals surface area contributed by atoms with Crippen molar-refractivity contribution in [3.05, 3.63) is 53.6 Å². The van der Waals surface area contributed by atoms with Gasteiger partial charge < -0.3 is 19.5 Å². The quantitative estimate of drug-likeness (QED) is 0.801. The molecule has 0 saturated heterocycles. The highest BCUT2D eigenvalue weighted by Crippen LogP contribution is 2.26. The Morgan fingerprint density at radius 3 is 2.58 bits per heavy atom. The summed E-state index contributed by atoms with van der Waals surface area (Å²) in [4.78, 5) is 24.2. The zero-order chi connectivity index (χ0) is 19.1. The summed E-state index contributed by atoms with van der Waals surface area (Å²) < 4.78 is 15.5. The summed E-state index contributed by atoms with van der Waals surface area (Å²) in [5.74, 6) is -0.373. The van der Waals surface area contributed by atoms with Crippen molar-refractivity contribution in [2.24, 2.45) is 0 Å². The number of nitrogens with zero attached hydrogens (tertiary/aromatic N) is 1. The minimum Gasteiger partial charge on any atom is -0.497 e. The summed E-state index contributed by atoms with van der Waals surface area (Å²) in [6, 6.07) is 13.1. The molecule has 0 aliphatic carbocycles. The molecule has 0 fully saturated rings. The lowest BCUT2D eigenvalue weighted by Crippen LogP contribution is -2.30. The Labute approximate surface area is 151 Å². The van der Waals surface area contributed by atoms with Crippen LogP contribution in [0.3, 0.4) is 0 Å². The van der Waals surface area contributed by atoms with Crippen molar-refractivity contribution in [2.75, 3.05) is 19.5 Å². The van der Waals surface area contributed by atoms with Gasteiger partial charge in [0.25, 0.3) is 5.91 Å². The molecule has 2 aromatic carbocycles. The van der Waals surface area contributed by atoms with E-state index < -0.39 is 18.0 Å². The Morgan fingerprint density at radius 2 is 1.92 bits per heavy atom. The van der Waals surface area contributed by atoms with E-state index >= 15 is 0 Å². The first-order chi connectivity index (χ1) is 12.5. The maximum absolute atomic E-state index is 12.4. The van der Waals surface area contributed by atoms with Crippen molar-refractivity contribution in [1.29, 1.82) is 5.26 Å². The van der Waals surface area contributed by atoms with Gasteiger partial charge in [-0.3, -0.25) is 4.79 Å². The maximum Gasteiger partial charge on any atom is 0.341 e. The van der Waals surface area contributed by atoms with Crippen molar-refractivity contribution in [3.63, 3.8) is 0 Å². The predicted octanol–water partition coefficient (Wildman–Crippen LogP) is 2.76. The van der Waals surface area contributed by atoms with E-state index in [1.54, 1.807) is 37.3 Å². The molecule has 1 amide bonds. The molecular formula is C19H18N2O5. The molecule has 0 spiro atoms. The Hall–Kier alpha value is -3.53. The summed E-state index contributed by atoms with van der Waals surface area (Å²) in [6.45, 7) is 1.55. The van der Waals surface area contributed by atoms with Gasteiger partial charge in [0.1, 0.15) is 17.1 Å². The maximum atomic E-state index is 12.4. The molecule has 7 nitrogen and oxygen atoms in total. The molecule has 2 aromatic rings. The molecule has 0 unspecified atom stereocenters. The number of nitriles is 1. The van der Waals surface area contributed by atoms with Crippen LogP contribution >= 0.6 is 0 Å². The summed E-state index contributed by atoms with van der Waals surface area (Å²) in [5, 5.41) is 11.6. The van der Waals surface area contributed by atoms with Gasteiger partial charge in [-0.05, 0) is 37.3 Å². The molecule has 0 saturated carbocycles. The smallest absolute Gasteiger partial charge is 0.341 e. The van der Waals surface area contributed by atoms with E-state index in [2.05, 4.69) is 5.32 Å². The normalized spacial score (nSPS) is 11.0. The van der Waals surface area contributed by atoms with Crippen molar-refractivity contribution in [3.8, 4) is 17.6 Å². The summed E-state index contributed by atoms with van der Waals surface area (Å²) in [5.41, 5.74) is 1.08. The first-order valence-electron chi connectivity index (χ1n) is 7.72. The Kier molecular flexibility index (Phi) is 6.17. The lowest BCUT2D eigenvalue weighted by atomic mass is 10.2. The second kappa shape index (κ2) is 8.53. The molecule has 0 bridgehead atoms. The number of nitrogens with one attached hydrogen (secondary N) is 1. The van der Waals surface area contributed by atoms with Crippen molar-refractivity contribution >= 4 is 17.6 Å². The van der Waals surface area contributed by atoms with Crippen LogP contribution in [0.5, 0.6) is 11.5 Å².